The third-order valence-corrected chi connectivity index (χ3v) is 5.45. The molecule has 0 radical (unpaired) electrons. The molecule has 2 aromatic heterocycles. The average molecular weight is 401 g/mol. The molecule has 0 saturated carbocycles. The first-order chi connectivity index (χ1) is 12.9. The molecule has 0 bridgehead atoms. The average Bonchev–Trinajstić information content (AvgIpc) is 3.02. The Bertz CT molecular complexity index is 980. The fraction of sp³-hybridized carbons (Fsp3) is 0.286. The highest BCUT2D eigenvalue weighted by Gasteiger charge is 2.10. The molecule has 6 heteroatoms. The van der Waals surface area contributed by atoms with Gasteiger partial charge in [-0.25, -0.2) is 9.97 Å². The second-order valence-corrected chi connectivity index (χ2v) is 8.01. The highest BCUT2D eigenvalue weighted by atomic mass is 35.5. The number of pyridine rings is 1. The van der Waals surface area contributed by atoms with Crippen molar-refractivity contribution < 1.29 is 9.53 Å². The fourth-order valence-corrected chi connectivity index (χ4v) is 3.78. The number of benzene rings is 1. The first kappa shape index (κ1) is 19.5. The van der Waals surface area contributed by atoms with Crippen molar-refractivity contribution in [1.29, 1.82) is 0 Å². The first-order valence-corrected chi connectivity index (χ1v) is 10.0. The zero-order chi connectivity index (χ0) is 19.4. The van der Waals surface area contributed by atoms with Gasteiger partial charge in [-0.05, 0) is 37.0 Å². The maximum absolute atomic E-state index is 11.1. The monoisotopic (exact) mass is 400 g/mol. The third-order valence-electron chi connectivity index (χ3n) is 3.99. The Hall–Kier alpha value is -2.24. The van der Waals surface area contributed by atoms with Gasteiger partial charge in [0.05, 0.1) is 20.2 Å². The van der Waals surface area contributed by atoms with E-state index >= 15 is 0 Å². The van der Waals surface area contributed by atoms with Crippen molar-refractivity contribution in [3.05, 3.63) is 52.1 Å². The molecular formula is C21H21ClN2O2S. The topological polar surface area (TPSA) is 52.1 Å². The van der Waals surface area contributed by atoms with Crippen molar-refractivity contribution >= 4 is 45.0 Å². The van der Waals surface area contributed by atoms with E-state index in [0.29, 0.717) is 23.1 Å². The Balaban J connectivity index is 1.72. The van der Waals surface area contributed by atoms with Gasteiger partial charge in [0.25, 0.3) is 0 Å². The Morgan fingerprint density at radius 1 is 1.37 bits per heavy atom. The molecule has 0 amide bonds. The first-order valence-electron chi connectivity index (χ1n) is 8.85. The number of fused-ring (bicyclic) bond motifs is 1. The molecule has 1 aromatic carbocycles. The number of aromatic nitrogens is 2. The Kier molecular flexibility index (Phi) is 6.24. The lowest BCUT2D eigenvalue weighted by molar-refractivity contribution is -0.117. The zero-order valence-electron chi connectivity index (χ0n) is 15.5. The number of ether oxygens (including phenoxy) is 1. The summed E-state index contributed by atoms with van der Waals surface area (Å²) in [6.45, 7) is 5.71. The second kappa shape index (κ2) is 8.63. The molecule has 0 N–H and O–H groups in total. The lowest BCUT2D eigenvalue weighted by atomic mass is 10.0. The molecule has 4 nitrogen and oxygen atoms in total. The molecule has 0 fully saturated rings. The van der Waals surface area contributed by atoms with E-state index in [2.05, 4.69) is 16.9 Å². The van der Waals surface area contributed by atoms with Gasteiger partial charge in [-0.2, -0.15) is 0 Å². The molecule has 0 saturated heterocycles. The van der Waals surface area contributed by atoms with Crippen LogP contribution in [0.2, 0.25) is 5.02 Å². The minimum atomic E-state index is 0.190. The summed E-state index contributed by atoms with van der Waals surface area (Å²) in [5.41, 5.74) is 1.84. The van der Waals surface area contributed by atoms with Gasteiger partial charge in [0.2, 0.25) is 5.88 Å². The molecule has 27 heavy (non-hydrogen) atoms. The summed E-state index contributed by atoms with van der Waals surface area (Å²) in [5.74, 6) is 1.44. The Morgan fingerprint density at radius 2 is 2.19 bits per heavy atom. The van der Waals surface area contributed by atoms with E-state index in [0.717, 1.165) is 27.2 Å². The minimum absolute atomic E-state index is 0.190. The van der Waals surface area contributed by atoms with Crippen LogP contribution < -0.4 is 4.74 Å². The van der Waals surface area contributed by atoms with Crippen LogP contribution in [0.15, 0.2) is 36.5 Å². The van der Waals surface area contributed by atoms with E-state index in [1.807, 2.05) is 37.3 Å². The van der Waals surface area contributed by atoms with Gasteiger partial charge >= 0.3 is 0 Å². The molecule has 0 aliphatic carbocycles. The van der Waals surface area contributed by atoms with E-state index in [4.69, 9.17) is 16.3 Å². The minimum Gasteiger partial charge on any atom is -0.437 e. The highest BCUT2D eigenvalue weighted by Crippen LogP contribution is 2.35. The largest absolute Gasteiger partial charge is 0.437 e. The number of hydrogen-bond acceptors (Lipinski definition) is 5. The number of halogens is 1. The number of ketones is 1. The number of rotatable bonds is 7. The van der Waals surface area contributed by atoms with Gasteiger partial charge in [0.1, 0.15) is 11.5 Å². The number of Topliss-reactive ketones (excluding diaryl/α,β-unsaturated/α-hetero) is 1. The summed E-state index contributed by atoms with van der Waals surface area (Å²) in [6.07, 6.45) is 7.16. The molecule has 1 unspecified atom stereocenters. The van der Waals surface area contributed by atoms with Crippen molar-refractivity contribution in [3.8, 4) is 11.6 Å². The maximum Gasteiger partial charge on any atom is 0.219 e. The van der Waals surface area contributed by atoms with Gasteiger partial charge in [-0.3, -0.25) is 0 Å². The predicted molar refractivity (Wildman–Crippen MR) is 112 cm³/mol. The molecule has 0 aliphatic rings. The van der Waals surface area contributed by atoms with Crippen LogP contribution in [0.25, 0.3) is 16.3 Å². The molecular weight excluding hydrogens is 380 g/mol. The van der Waals surface area contributed by atoms with E-state index in [1.54, 1.807) is 30.5 Å². The van der Waals surface area contributed by atoms with Crippen LogP contribution in [-0.4, -0.2) is 15.8 Å². The number of hydrogen-bond donors (Lipinski definition) is 0. The quantitative estimate of drug-likeness (QED) is 0.465. The van der Waals surface area contributed by atoms with E-state index in [9.17, 15) is 4.79 Å². The molecule has 140 valence electrons. The van der Waals surface area contributed by atoms with Crippen molar-refractivity contribution in [2.75, 3.05) is 0 Å². The Morgan fingerprint density at radius 3 is 2.85 bits per heavy atom. The summed E-state index contributed by atoms with van der Waals surface area (Å²) in [6, 6.07) is 7.47. The van der Waals surface area contributed by atoms with Crippen molar-refractivity contribution in [3.63, 3.8) is 0 Å². The number of allylic oxidation sites excluding steroid dienone is 1. The number of carbonyl (C=O) groups is 1. The number of thiazole rings is 1. The summed E-state index contributed by atoms with van der Waals surface area (Å²) < 4.78 is 6.91. The van der Waals surface area contributed by atoms with E-state index in [1.165, 1.54) is 0 Å². The van der Waals surface area contributed by atoms with Gasteiger partial charge in [-0.1, -0.05) is 37.6 Å². The smallest absolute Gasteiger partial charge is 0.219 e. The van der Waals surface area contributed by atoms with Gasteiger partial charge < -0.3 is 9.53 Å². The molecule has 3 rings (SSSR count). The van der Waals surface area contributed by atoms with Crippen LogP contribution in [0.5, 0.6) is 11.6 Å². The molecule has 2 heterocycles. The van der Waals surface area contributed by atoms with Gasteiger partial charge in [0, 0.05) is 24.8 Å². The van der Waals surface area contributed by atoms with Gasteiger partial charge in [-0.15, -0.1) is 11.3 Å². The van der Waals surface area contributed by atoms with E-state index in [-0.39, 0.29) is 11.7 Å². The van der Waals surface area contributed by atoms with E-state index < -0.39 is 0 Å². The zero-order valence-corrected chi connectivity index (χ0v) is 17.1. The van der Waals surface area contributed by atoms with Crippen molar-refractivity contribution in [2.45, 2.75) is 33.6 Å². The summed E-state index contributed by atoms with van der Waals surface area (Å²) in [5, 5.41) is 1.59. The van der Waals surface area contributed by atoms with Crippen LogP contribution >= 0.6 is 22.9 Å². The highest BCUT2D eigenvalue weighted by molar-refractivity contribution is 7.18. The maximum atomic E-state index is 11.1. The predicted octanol–water partition coefficient (Wildman–Crippen LogP) is 6.33. The molecule has 3 aromatic rings. The summed E-state index contributed by atoms with van der Waals surface area (Å²) in [7, 11) is 0. The van der Waals surface area contributed by atoms with Crippen LogP contribution in [0.4, 0.5) is 0 Å². The number of nitrogens with zero attached hydrogens (tertiary/aromatic N) is 2. The third kappa shape index (κ3) is 5.15. The van der Waals surface area contributed by atoms with Crippen LogP contribution in [0, 0.1) is 5.92 Å². The van der Waals surface area contributed by atoms with Crippen molar-refractivity contribution in [1.82, 2.24) is 9.97 Å². The summed E-state index contributed by atoms with van der Waals surface area (Å²) in [4.78, 5) is 20.0. The van der Waals surface area contributed by atoms with Crippen molar-refractivity contribution in [2.24, 2.45) is 5.92 Å². The Labute approximate surface area is 167 Å². The SMILES string of the molecule is CCc1nc2cc(Cl)c(Oc3ccc(C=CC(C)CC(C)=O)cn3)cc2s1. The molecule has 1 atom stereocenters. The number of aryl methyl sites for hydroxylation is 1. The molecule has 0 spiro atoms. The van der Waals surface area contributed by atoms with Gasteiger partial charge in [0.15, 0.2) is 0 Å². The normalized spacial score (nSPS) is 12.6. The lowest BCUT2D eigenvalue weighted by Gasteiger charge is -2.07. The summed E-state index contributed by atoms with van der Waals surface area (Å²) >= 11 is 7.98. The second-order valence-electron chi connectivity index (χ2n) is 6.49. The van der Waals surface area contributed by atoms with Crippen LogP contribution in [0.3, 0.4) is 0 Å². The lowest BCUT2D eigenvalue weighted by Crippen LogP contribution is -1.97. The standard InChI is InChI=1S/C21H21ClN2O2S/c1-4-21-24-17-10-16(22)18(11-19(17)27-21)26-20-8-7-15(12-23-20)6-5-13(2)9-14(3)25/h5-8,10-13H,4,9H2,1-3H3. The fourth-order valence-electron chi connectivity index (χ4n) is 2.67. The van der Waals surface area contributed by atoms with Crippen LogP contribution in [0.1, 0.15) is 37.8 Å². The van der Waals surface area contributed by atoms with Crippen LogP contribution in [-0.2, 0) is 11.2 Å². The molecule has 0 aliphatic heterocycles. The number of carbonyl (C=O) groups excluding carboxylic acids is 1.